The number of nitrogens with zero attached hydrogens (tertiary/aromatic N) is 2. The Morgan fingerprint density at radius 2 is 2.15 bits per heavy atom. The number of aryl methyl sites for hydroxylation is 1. The molecule has 0 radical (unpaired) electrons. The van der Waals surface area contributed by atoms with Crippen molar-refractivity contribution in [2.75, 3.05) is 33.9 Å². The molecule has 0 aromatic carbocycles. The highest BCUT2D eigenvalue weighted by Crippen LogP contribution is 2.12. The quantitative estimate of drug-likeness (QED) is 0.812. The maximum atomic E-state index is 12.2. The number of carbonyl (C=O) groups is 2. The van der Waals surface area contributed by atoms with Gasteiger partial charge in [0.15, 0.2) is 0 Å². The number of urea groups is 1. The van der Waals surface area contributed by atoms with Gasteiger partial charge in [0.25, 0.3) is 0 Å². The topological polar surface area (TPSA) is 83.2 Å². The molecule has 7 heteroatoms. The van der Waals surface area contributed by atoms with Gasteiger partial charge < -0.3 is 24.1 Å². The summed E-state index contributed by atoms with van der Waals surface area (Å²) in [6, 6.07) is 1.43. The molecule has 0 spiro atoms. The highest BCUT2D eigenvalue weighted by atomic mass is 16.5. The van der Waals surface area contributed by atoms with Gasteiger partial charge in [-0.2, -0.15) is 0 Å². The molecule has 0 aliphatic rings. The highest BCUT2D eigenvalue weighted by Gasteiger charge is 2.21. The minimum Gasteiger partial charge on any atom is -0.480 e. The summed E-state index contributed by atoms with van der Waals surface area (Å²) in [5.74, 6) is -0.311. The first-order valence-electron chi connectivity index (χ1n) is 6.19. The minimum atomic E-state index is -1.05. The standard InChI is InChI=1S/C13H20N2O5/c1-10-11(4-6-20-10)8-14(2)13(18)15(5-7-19-3)9-12(16)17/h4,6H,5,7-9H2,1-3H3,(H,16,17). The van der Waals surface area contributed by atoms with Crippen LogP contribution in [0.15, 0.2) is 16.7 Å². The lowest BCUT2D eigenvalue weighted by atomic mass is 10.2. The molecule has 0 unspecified atom stereocenters. The number of carboxylic acids is 1. The zero-order chi connectivity index (χ0) is 15.1. The van der Waals surface area contributed by atoms with Gasteiger partial charge in [-0.05, 0) is 13.0 Å². The van der Waals surface area contributed by atoms with Crippen LogP contribution >= 0.6 is 0 Å². The normalized spacial score (nSPS) is 10.3. The van der Waals surface area contributed by atoms with Crippen LogP contribution in [0.3, 0.4) is 0 Å². The third-order valence-electron chi connectivity index (χ3n) is 2.86. The molecule has 0 saturated carbocycles. The van der Waals surface area contributed by atoms with E-state index in [0.717, 1.165) is 11.3 Å². The van der Waals surface area contributed by atoms with Crippen molar-refractivity contribution in [1.29, 1.82) is 0 Å². The van der Waals surface area contributed by atoms with Crippen molar-refractivity contribution >= 4 is 12.0 Å². The second-order valence-corrected chi connectivity index (χ2v) is 4.45. The Hall–Kier alpha value is -2.02. The van der Waals surface area contributed by atoms with Crippen LogP contribution in [0, 0.1) is 6.92 Å². The van der Waals surface area contributed by atoms with Crippen LogP contribution in [0.2, 0.25) is 0 Å². The number of furan rings is 1. The van der Waals surface area contributed by atoms with Crippen LogP contribution in [0.5, 0.6) is 0 Å². The molecule has 1 rings (SSSR count). The lowest BCUT2D eigenvalue weighted by Crippen LogP contribution is -2.44. The maximum Gasteiger partial charge on any atom is 0.323 e. The summed E-state index contributed by atoms with van der Waals surface area (Å²) in [5.41, 5.74) is 0.892. The fourth-order valence-corrected chi connectivity index (χ4v) is 1.75. The molecular weight excluding hydrogens is 264 g/mol. The Morgan fingerprint density at radius 1 is 1.45 bits per heavy atom. The monoisotopic (exact) mass is 284 g/mol. The predicted molar refractivity (Wildman–Crippen MR) is 71.4 cm³/mol. The molecule has 0 aliphatic heterocycles. The van der Waals surface area contributed by atoms with Gasteiger partial charge in [-0.1, -0.05) is 0 Å². The van der Waals surface area contributed by atoms with Crippen molar-refractivity contribution in [2.45, 2.75) is 13.5 Å². The lowest BCUT2D eigenvalue weighted by Gasteiger charge is -2.26. The van der Waals surface area contributed by atoms with E-state index in [-0.39, 0.29) is 25.7 Å². The molecule has 0 atom stereocenters. The molecule has 0 bridgehead atoms. The fraction of sp³-hybridized carbons (Fsp3) is 0.538. The largest absolute Gasteiger partial charge is 0.480 e. The molecule has 1 aromatic rings. The van der Waals surface area contributed by atoms with Crippen molar-refractivity contribution in [2.24, 2.45) is 0 Å². The van der Waals surface area contributed by atoms with Gasteiger partial charge >= 0.3 is 12.0 Å². The highest BCUT2D eigenvalue weighted by molar-refractivity contribution is 5.80. The van der Waals surface area contributed by atoms with Crippen LogP contribution in [0.4, 0.5) is 4.79 Å². The summed E-state index contributed by atoms with van der Waals surface area (Å²) in [7, 11) is 3.12. The summed E-state index contributed by atoms with van der Waals surface area (Å²) in [4.78, 5) is 25.7. The number of amides is 2. The Balaban J connectivity index is 2.67. The van der Waals surface area contributed by atoms with Crippen molar-refractivity contribution < 1.29 is 23.8 Å². The predicted octanol–water partition coefficient (Wildman–Crippen LogP) is 1.17. The number of hydrogen-bond acceptors (Lipinski definition) is 4. The first kappa shape index (κ1) is 16.0. The summed E-state index contributed by atoms with van der Waals surface area (Å²) in [6.45, 7) is 2.35. The third kappa shape index (κ3) is 4.58. The maximum absolute atomic E-state index is 12.2. The van der Waals surface area contributed by atoms with E-state index in [2.05, 4.69) is 0 Å². The minimum absolute atomic E-state index is 0.232. The second-order valence-electron chi connectivity index (χ2n) is 4.45. The molecular formula is C13H20N2O5. The van der Waals surface area contributed by atoms with Crippen molar-refractivity contribution in [1.82, 2.24) is 9.80 Å². The molecule has 0 aliphatic carbocycles. The fourth-order valence-electron chi connectivity index (χ4n) is 1.75. The first-order valence-corrected chi connectivity index (χ1v) is 6.19. The summed E-state index contributed by atoms with van der Waals surface area (Å²) < 4.78 is 10.1. The first-order chi connectivity index (χ1) is 9.45. The number of hydrogen-bond donors (Lipinski definition) is 1. The smallest absolute Gasteiger partial charge is 0.323 e. The molecule has 7 nitrogen and oxygen atoms in total. The summed E-state index contributed by atoms with van der Waals surface area (Å²) in [5, 5.41) is 8.85. The van der Waals surface area contributed by atoms with Gasteiger partial charge in [0.1, 0.15) is 12.3 Å². The van der Waals surface area contributed by atoms with Crippen molar-refractivity contribution in [3.05, 3.63) is 23.7 Å². The number of ether oxygens (including phenoxy) is 1. The van der Waals surface area contributed by atoms with E-state index >= 15 is 0 Å². The van der Waals surface area contributed by atoms with Crippen LogP contribution in [-0.4, -0.2) is 60.8 Å². The SMILES string of the molecule is COCCN(CC(=O)O)C(=O)N(C)Cc1ccoc1C. The Kier molecular flexibility index (Phi) is 6.05. The van der Waals surface area contributed by atoms with E-state index in [1.807, 2.05) is 6.92 Å². The molecule has 0 fully saturated rings. The number of rotatable bonds is 7. The van der Waals surface area contributed by atoms with E-state index in [1.165, 1.54) is 16.9 Å². The van der Waals surface area contributed by atoms with Gasteiger partial charge in [0.2, 0.25) is 0 Å². The number of aliphatic carboxylic acids is 1. The summed E-state index contributed by atoms with van der Waals surface area (Å²) >= 11 is 0. The van der Waals surface area contributed by atoms with E-state index < -0.39 is 5.97 Å². The zero-order valence-electron chi connectivity index (χ0n) is 12.0. The van der Waals surface area contributed by atoms with Gasteiger partial charge in [0, 0.05) is 26.3 Å². The molecule has 0 saturated heterocycles. The molecule has 20 heavy (non-hydrogen) atoms. The molecule has 1 N–H and O–H groups in total. The van der Waals surface area contributed by atoms with E-state index in [4.69, 9.17) is 14.3 Å². The Bertz CT molecular complexity index is 457. The molecule has 2 amide bonds. The van der Waals surface area contributed by atoms with Crippen LogP contribution in [0.1, 0.15) is 11.3 Å². The molecule has 112 valence electrons. The van der Waals surface area contributed by atoms with Gasteiger partial charge in [-0.3, -0.25) is 4.79 Å². The van der Waals surface area contributed by atoms with Gasteiger partial charge in [-0.25, -0.2) is 4.79 Å². The van der Waals surface area contributed by atoms with E-state index in [1.54, 1.807) is 19.4 Å². The Labute approximate surface area is 117 Å². The molecule has 1 heterocycles. The van der Waals surface area contributed by atoms with Gasteiger partial charge in [-0.15, -0.1) is 0 Å². The van der Waals surface area contributed by atoms with E-state index in [9.17, 15) is 9.59 Å². The second kappa shape index (κ2) is 7.54. The average Bonchev–Trinajstić information content (AvgIpc) is 2.78. The Morgan fingerprint density at radius 3 is 2.65 bits per heavy atom. The molecule has 1 aromatic heterocycles. The van der Waals surface area contributed by atoms with Crippen molar-refractivity contribution in [3.63, 3.8) is 0 Å². The van der Waals surface area contributed by atoms with Crippen LogP contribution < -0.4 is 0 Å². The lowest BCUT2D eigenvalue weighted by molar-refractivity contribution is -0.137. The number of carboxylic acid groups (broad SMARTS) is 1. The number of methoxy groups -OCH3 is 1. The average molecular weight is 284 g/mol. The van der Waals surface area contributed by atoms with Gasteiger partial charge in [0.05, 0.1) is 19.4 Å². The van der Waals surface area contributed by atoms with Crippen LogP contribution in [0.25, 0.3) is 0 Å². The number of carbonyl (C=O) groups excluding carboxylic acids is 1. The van der Waals surface area contributed by atoms with Crippen LogP contribution in [-0.2, 0) is 16.1 Å². The third-order valence-corrected chi connectivity index (χ3v) is 2.86. The van der Waals surface area contributed by atoms with E-state index in [0.29, 0.717) is 6.54 Å². The van der Waals surface area contributed by atoms with Crippen molar-refractivity contribution in [3.8, 4) is 0 Å². The summed E-state index contributed by atoms with van der Waals surface area (Å²) in [6.07, 6.45) is 1.56. The zero-order valence-corrected chi connectivity index (χ0v) is 12.0.